The first-order valence-corrected chi connectivity index (χ1v) is 5.61. The van der Waals surface area contributed by atoms with Crippen LogP contribution in [0.1, 0.15) is 23.1 Å². The molecule has 3 heteroatoms. The number of aliphatic hydroxyl groups excluding tert-OH is 1. The predicted molar refractivity (Wildman–Crippen MR) is 67.4 cm³/mol. The first-order valence-electron chi connectivity index (χ1n) is 5.61. The molecule has 16 heavy (non-hydrogen) atoms. The molecule has 1 aromatic carbocycles. The van der Waals surface area contributed by atoms with Crippen molar-refractivity contribution >= 4 is 5.69 Å². The molecule has 0 fully saturated rings. The fraction of sp³-hybridized carbons (Fsp3) is 0.538. The second-order valence-corrected chi connectivity index (χ2v) is 4.02. The molecule has 1 rings (SSSR count). The average molecular weight is 223 g/mol. The lowest BCUT2D eigenvalue weighted by Gasteiger charge is -2.17. The number of methoxy groups -OCH3 is 1. The number of hydrogen-bond donors (Lipinski definition) is 2. The molecule has 0 amide bonds. The van der Waals surface area contributed by atoms with Crippen molar-refractivity contribution in [2.24, 2.45) is 0 Å². The Morgan fingerprint density at radius 3 is 2.50 bits per heavy atom. The lowest BCUT2D eigenvalue weighted by atomic mass is 10.0. The monoisotopic (exact) mass is 223 g/mol. The van der Waals surface area contributed by atoms with E-state index in [4.69, 9.17) is 9.84 Å². The summed E-state index contributed by atoms with van der Waals surface area (Å²) in [4.78, 5) is 0. The van der Waals surface area contributed by atoms with Gasteiger partial charge >= 0.3 is 0 Å². The van der Waals surface area contributed by atoms with Gasteiger partial charge in [-0.15, -0.1) is 0 Å². The Balaban J connectivity index is 2.96. The highest BCUT2D eigenvalue weighted by Crippen LogP contribution is 2.30. The summed E-state index contributed by atoms with van der Waals surface area (Å²) in [5.41, 5.74) is 4.72. The van der Waals surface area contributed by atoms with Gasteiger partial charge in [0.15, 0.2) is 0 Å². The van der Waals surface area contributed by atoms with Crippen molar-refractivity contribution in [3.63, 3.8) is 0 Å². The largest absolute Gasteiger partial charge is 0.496 e. The molecule has 0 heterocycles. The Hall–Kier alpha value is -1.22. The molecule has 0 aliphatic heterocycles. The summed E-state index contributed by atoms with van der Waals surface area (Å²) < 4.78 is 5.32. The highest BCUT2D eigenvalue weighted by Gasteiger charge is 2.09. The number of aliphatic hydroxyl groups is 1. The van der Waals surface area contributed by atoms with Crippen LogP contribution in [0.5, 0.6) is 5.75 Å². The molecule has 0 saturated carbocycles. The van der Waals surface area contributed by atoms with Gasteiger partial charge in [-0.2, -0.15) is 0 Å². The van der Waals surface area contributed by atoms with Crippen molar-refractivity contribution in [1.29, 1.82) is 0 Å². The number of benzene rings is 1. The zero-order chi connectivity index (χ0) is 12.1. The van der Waals surface area contributed by atoms with E-state index in [0.29, 0.717) is 0 Å². The fourth-order valence-electron chi connectivity index (χ4n) is 1.82. The van der Waals surface area contributed by atoms with Crippen molar-refractivity contribution in [2.45, 2.75) is 27.2 Å². The zero-order valence-electron chi connectivity index (χ0n) is 10.6. The molecular weight excluding hydrogens is 202 g/mol. The molecule has 0 bridgehead atoms. The summed E-state index contributed by atoms with van der Waals surface area (Å²) in [5.74, 6) is 0.933. The van der Waals surface area contributed by atoms with Gasteiger partial charge in [0, 0.05) is 18.8 Å². The van der Waals surface area contributed by atoms with Gasteiger partial charge in [0.25, 0.3) is 0 Å². The van der Waals surface area contributed by atoms with Gasteiger partial charge in [-0.3, -0.25) is 0 Å². The molecule has 0 aliphatic rings. The van der Waals surface area contributed by atoms with E-state index in [9.17, 15) is 0 Å². The van der Waals surface area contributed by atoms with Crippen LogP contribution in [0, 0.1) is 20.8 Å². The molecule has 0 aliphatic carbocycles. The number of aryl methyl sites for hydroxylation is 1. The Morgan fingerprint density at radius 1 is 1.25 bits per heavy atom. The van der Waals surface area contributed by atoms with Crippen LogP contribution in [0.15, 0.2) is 6.07 Å². The molecule has 90 valence electrons. The lowest BCUT2D eigenvalue weighted by Crippen LogP contribution is -2.07. The Morgan fingerprint density at radius 2 is 1.94 bits per heavy atom. The van der Waals surface area contributed by atoms with Crippen molar-refractivity contribution in [1.82, 2.24) is 0 Å². The number of hydrogen-bond acceptors (Lipinski definition) is 3. The molecule has 0 atom stereocenters. The summed E-state index contributed by atoms with van der Waals surface area (Å²) in [5, 5.41) is 12.1. The summed E-state index contributed by atoms with van der Waals surface area (Å²) in [6.45, 7) is 7.23. The number of anilines is 1. The van der Waals surface area contributed by atoms with Gasteiger partial charge in [0.1, 0.15) is 5.75 Å². The van der Waals surface area contributed by atoms with Crippen molar-refractivity contribution in [3.8, 4) is 5.75 Å². The van der Waals surface area contributed by atoms with Gasteiger partial charge < -0.3 is 15.2 Å². The minimum atomic E-state index is 0.222. The minimum Gasteiger partial charge on any atom is -0.496 e. The Kier molecular flexibility index (Phi) is 4.62. The second kappa shape index (κ2) is 5.75. The molecular formula is C13H21NO2. The third-order valence-corrected chi connectivity index (χ3v) is 2.91. The van der Waals surface area contributed by atoms with Crippen LogP contribution in [0.2, 0.25) is 0 Å². The van der Waals surface area contributed by atoms with Crippen LogP contribution in [0.3, 0.4) is 0 Å². The number of ether oxygens (including phenoxy) is 1. The molecule has 3 nitrogen and oxygen atoms in total. The number of nitrogens with one attached hydrogen (secondary N) is 1. The highest BCUT2D eigenvalue weighted by molar-refractivity contribution is 5.63. The van der Waals surface area contributed by atoms with Crippen molar-refractivity contribution in [3.05, 3.63) is 22.8 Å². The maximum Gasteiger partial charge on any atom is 0.122 e. The number of rotatable bonds is 5. The van der Waals surface area contributed by atoms with E-state index in [1.54, 1.807) is 7.11 Å². The standard InChI is InChI=1S/C13H21NO2/c1-9-8-12(16-4)10(2)11(3)13(9)14-6-5-7-15/h8,14-15H,5-7H2,1-4H3. The normalized spacial score (nSPS) is 10.3. The summed E-state index contributed by atoms with van der Waals surface area (Å²) in [6.07, 6.45) is 0.768. The molecule has 0 saturated heterocycles. The van der Waals surface area contributed by atoms with Crippen LogP contribution in [-0.2, 0) is 0 Å². The maximum atomic E-state index is 8.76. The molecule has 2 N–H and O–H groups in total. The highest BCUT2D eigenvalue weighted by atomic mass is 16.5. The minimum absolute atomic E-state index is 0.222. The quantitative estimate of drug-likeness (QED) is 0.753. The van der Waals surface area contributed by atoms with E-state index in [2.05, 4.69) is 26.1 Å². The first kappa shape index (κ1) is 12.8. The van der Waals surface area contributed by atoms with Crippen LogP contribution in [0.25, 0.3) is 0 Å². The summed E-state index contributed by atoms with van der Waals surface area (Å²) >= 11 is 0. The third kappa shape index (κ3) is 2.67. The summed E-state index contributed by atoms with van der Waals surface area (Å²) in [7, 11) is 1.69. The Bertz CT molecular complexity index is 361. The van der Waals surface area contributed by atoms with Gasteiger partial charge in [0.05, 0.1) is 7.11 Å². The van der Waals surface area contributed by atoms with Crippen molar-refractivity contribution in [2.75, 3.05) is 25.6 Å². The average Bonchev–Trinajstić information content (AvgIpc) is 2.28. The van der Waals surface area contributed by atoms with Crippen LogP contribution >= 0.6 is 0 Å². The van der Waals surface area contributed by atoms with E-state index in [0.717, 1.165) is 24.4 Å². The van der Waals surface area contributed by atoms with Gasteiger partial charge in [-0.05, 0) is 49.9 Å². The lowest BCUT2D eigenvalue weighted by molar-refractivity contribution is 0.292. The van der Waals surface area contributed by atoms with E-state index in [-0.39, 0.29) is 6.61 Å². The smallest absolute Gasteiger partial charge is 0.122 e. The fourth-order valence-corrected chi connectivity index (χ4v) is 1.82. The van der Waals surface area contributed by atoms with E-state index in [1.165, 1.54) is 16.7 Å². The van der Waals surface area contributed by atoms with Gasteiger partial charge in [0.2, 0.25) is 0 Å². The molecule has 0 aromatic heterocycles. The van der Waals surface area contributed by atoms with Crippen molar-refractivity contribution < 1.29 is 9.84 Å². The van der Waals surface area contributed by atoms with Crippen LogP contribution in [-0.4, -0.2) is 25.4 Å². The third-order valence-electron chi connectivity index (χ3n) is 2.91. The molecule has 0 spiro atoms. The molecule has 0 radical (unpaired) electrons. The topological polar surface area (TPSA) is 41.5 Å². The van der Waals surface area contributed by atoms with E-state index in [1.807, 2.05) is 6.07 Å². The zero-order valence-corrected chi connectivity index (χ0v) is 10.6. The van der Waals surface area contributed by atoms with E-state index < -0.39 is 0 Å². The van der Waals surface area contributed by atoms with Gasteiger partial charge in [-0.1, -0.05) is 0 Å². The van der Waals surface area contributed by atoms with E-state index >= 15 is 0 Å². The molecule has 0 unspecified atom stereocenters. The summed E-state index contributed by atoms with van der Waals surface area (Å²) in [6, 6.07) is 2.05. The first-order chi connectivity index (χ1) is 7.61. The maximum absolute atomic E-state index is 8.76. The predicted octanol–water partition coefficient (Wildman–Crippen LogP) is 2.41. The van der Waals surface area contributed by atoms with Crippen LogP contribution in [0.4, 0.5) is 5.69 Å². The second-order valence-electron chi connectivity index (χ2n) is 4.02. The molecule has 1 aromatic rings. The Labute approximate surface area is 97.4 Å². The van der Waals surface area contributed by atoms with Gasteiger partial charge in [-0.25, -0.2) is 0 Å². The van der Waals surface area contributed by atoms with Crippen LogP contribution < -0.4 is 10.1 Å². The SMILES string of the molecule is COc1cc(C)c(NCCCO)c(C)c1C.